The van der Waals surface area contributed by atoms with Crippen molar-refractivity contribution in [3.05, 3.63) is 66.5 Å². The van der Waals surface area contributed by atoms with Gasteiger partial charge in [0.05, 0.1) is 17.0 Å². The fourth-order valence-electron chi connectivity index (χ4n) is 2.54. The Morgan fingerprint density at radius 2 is 1.80 bits per heavy atom. The summed E-state index contributed by atoms with van der Waals surface area (Å²) in [5.74, 6) is -0.0544. The summed E-state index contributed by atoms with van der Waals surface area (Å²) in [5, 5.41) is 0. The van der Waals surface area contributed by atoms with Gasteiger partial charge in [-0.15, -0.1) is 0 Å². The van der Waals surface area contributed by atoms with E-state index in [0.29, 0.717) is 0 Å². The fourth-order valence-corrected chi connectivity index (χ4v) is 2.54. The van der Waals surface area contributed by atoms with Crippen LogP contribution in [0.2, 0.25) is 0 Å². The Morgan fingerprint density at radius 3 is 2.55 bits per heavy atom. The van der Waals surface area contributed by atoms with Crippen LogP contribution in [0.15, 0.2) is 60.9 Å². The van der Waals surface area contributed by atoms with Crippen LogP contribution in [-0.2, 0) is 0 Å². The molecule has 3 aromatic rings. The van der Waals surface area contributed by atoms with Gasteiger partial charge in [-0.1, -0.05) is 49.4 Å². The molecule has 3 heteroatoms. The Bertz CT molecular complexity index is 731. The van der Waals surface area contributed by atoms with Crippen LogP contribution in [-0.4, -0.2) is 15.5 Å². The molecule has 0 fully saturated rings. The molecular formula is C17H16N2O. The van der Waals surface area contributed by atoms with E-state index < -0.39 is 0 Å². The normalized spacial score (nSPS) is 12.4. The van der Waals surface area contributed by atoms with Gasteiger partial charge >= 0.3 is 0 Å². The Balaban J connectivity index is 2.03. The average Bonchev–Trinajstić information content (AvgIpc) is 2.93. The van der Waals surface area contributed by atoms with Gasteiger partial charge in [0.1, 0.15) is 6.33 Å². The number of benzene rings is 2. The lowest BCUT2D eigenvalue weighted by Gasteiger charge is -2.14. The van der Waals surface area contributed by atoms with E-state index in [2.05, 4.69) is 4.98 Å². The highest BCUT2D eigenvalue weighted by Gasteiger charge is 2.21. The lowest BCUT2D eigenvalue weighted by molar-refractivity contribution is 0.0880. The van der Waals surface area contributed by atoms with E-state index in [9.17, 15) is 4.79 Å². The summed E-state index contributed by atoms with van der Waals surface area (Å²) in [6, 6.07) is 17.6. The van der Waals surface area contributed by atoms with Gasteiger partial charge in [-0.3, -0.25) is 9.36 Å². The number of aromatic nitrogens is 2. The van der Waals surface area contributed by atoms with Crippen LogP contribution in [0, 0.1) is 0 Å². The van der Waals surface area contributed by atoms with Crippen molar-refractivity contribution in [2.45, 2.75) is 19.3 Å². The lowest BCUT2D eigenvalue weighted by atomic mass is 9.95. The molecular weight excluding hydrogens is 248 g/mol. The summed E-state index contributed by atoms with van der Waals surface area (Å²) in [4.78, 5) is 17.1. The highest BCUT2D eigenvalue weighted by molar-refractivity contribution is 5.93. The van der Waals surface area contributed by atoms with E-state index >= 15 is 0 Å². The zero-order valence-electron chi connectivity index (χ0n) is 11.4. The summed E-state index contributed by atoms with van der Waals surface area (Å²) >= 11 is 0. The number of hydrogen-bond acceptors (Lipinski definition) is 2. The van der Waals surface area contributed by atoms with Crippen LogP contribution in [0.4, 0.5) is 0 Å². The minimum absolute atomic E-state index is 0.0763. The number of rotatable bonds is 3. The molecule has 0 saturated heterocycles. The molecule has 0 spiro atoms. The second-order valence-electron chi connectivity index (χ2n) is 4.81. The van der Waals surface area contributed by atoms with E-state index in [1.807, 2.05) is 61.5 Å². The third kappa shape index (κ3) is 2.11. The van der Waals surface area contributed by atoms with Crippen molar-refractivity contribution in [3.63, 3.8) is 0 Å². The van der Waals surface area contributed by atoms with Gasteiger partial charge in [-0.2, -0.15) is 0 Å². The first kappa shape index (κ1) is 12.6. The van der Waals surface area contributed by atoms with Crippen LogP contribution in [0.25, 0.3) is 11.0 Å². The minimum atomic E-state index is -0.131. The zero-order chi connectivity index (χ0) is 13.9. The number of hydrogen-bond donors (Lipinski definition) is 0. The second-order valence-corrected chi connectivity index (χ2v) is 4.81. The van der Waals surface area contributed by atoms with Gasteiger partial charge in [-0.25, -0.2) is 4.98 Å². The molecule has 0 aliphatic heterocycles. The maximum Gasteiger partial charge on any atom is 0.239 e. The van der Waals surface area contributed by atoms with Crippen molar-refractivity contribution >= 4 is 16.9 Å². The Kier molecular flexibility index (Phi) is 3.33. The molecule has 20 heavy (non-hydrogen) atoms. The standard InChI is InChI=1S/C17H16N2O/c1-2-14(13-8-4-3-5-9-13)17(20)19-12-18-15-10-6-7-11-16(15)19/h3-12,14H,2H2,1H3/t14-/m0/s1. The van der Waals surface area contributed by atoms with E-state index in [0.717, 1.165) is 23.0 Å². The van der Waals surface area contributed by atoms with Crippen LogP contribution >= 0.6 is 0 Å². The molecule has 3 nitrogen and oxygen atoms in total. The average molecular weight is 264 g/mol. The van der Waals surface area contributed by atoms with Gasteiger partial charge in [0.2, 0.25) is 5.91 Å². The topological polar surface area (TPSA) is 34.9 Å². The molecule has 0 aliphatic rings. The summed E-state index contributed by atoms with van der Waals surface area (Å²) < 4.78 is 1.66. The van der Waals surface area contributed by atoms with E-state index in [1.165, 1.54) is 0 Å². The molecule has 0 bridgehead atoms. The van der Waals surface area contributed by atoms with Crippen LogP contribution in [0.3, 0.4) is 0 Å². The van der Waals surface area contributed by atoms with Crippen molar-refractivity contribution in [2.24, 2.45) is 0 Å². The molecule has 1 heterocycles. The van der Waals surface area contributed by atoms with Crippen LogP contribution < -0.4 is 0 Å². The van der Waals surface area contributed by atoms with Gasteiger partial charge in [0.25, 0.3) is 0 Å². The number of para-hydroxylation sites is 2. The van der Waals surface area contributed by atoms with Crippen molar-refractivity contribution in [3.8, 4) is 0 Å². The van der Waals surface area contributed by atoms with E-state index in [-0.39, 0.29) is 11.8 Å². The highest BCUT2D eigenvalue weighted by atomic mass is 16.2. The maximum atomic E-state index is 12.8. The number of nitrogens with zero attached hydrogens (tertiary/aromatic N) is 2. The zero-order valence-corrected chi connectivity index (χ0v) is 11.4. The highest BCUT2D eigenvalue weighted by Crippen LogP contribution is 2.23. The van der Waals surface area contributed by atoms with Gasteiger partial charge in [-0.05, 0) is 24.1 Å². The molecule has 0 aliphatic carbocycles. The lowest BCUT2D eigenvalue weighted by Crippen LogP contribution is -2.18. The van der Waals surface area contributed by atoms with Crippen molar-refractivity contribution in [1.29, 1.82) is 0 Å². The van der Waals surface area contributed by atoms with Crippen LogP contribution in [0.5, 0.6) is 0 Å². The second kappa shape index (κ2) is 5.29. The van der Waals surface area contributed by atoms with Crippen molar-refractivity contribution in [1.82, 2.24) is 9.55 Å². The predicted octanol–water partition coefficient (Wildman–Crippen LogP) is 3.87. The number of imidazole rings is 1. The third-order valence-corrected chi connectivity index (χ3v) is 3.60. The number of carbonyl (C=O) groups is 1. The Labute approximate surface area is 117 Å². The first-order valence-electron chi connectivity index (χ1n) is 6.82. The SMILES string of the molecule is CC[C@H](C(=O)n1cnc2ccccc21)c1ccccc1. The first-order chi connectivity index (χ1) is 9.81. The van der Waals surface area contributed by atoms with Gasteiger partial charge in [0.15, 0.2) is 0 Å². The Morgan fingerprint density at radius 1 is 1.10 bits per heavy atom. The largest absolute Gasteiger partial charge is 0.273 e. The summed E-state index contributed by atoms with van der Waals surface area (Å²) in [7, 11) is 0. The molecule has 2 aromatic carbocycles. The molecule has 1 aromatic heterocycles. The molecule has 1 atom stereocenters. The number of fused-ring (bicyclic) bond motifs is 1. The molecule has 100 valence electrons. The summed E-state index contributed by atoms with van der Waals surface area (Å²) in [5.41, 5.74) is 2.77. The fraction of sp³-hybridized carbons (Fsp3) is 0.176. The monoisotopic (exact) mass is 264 g/mol. The maximum absolute atomic E-state index is 12.8. The van der Waals surface area contributed by atoms with E-state index in [1.54, 1.807) is 10.9 Å². The molecule has 0 unspecified atom stereocenters. The number of carbonyl (C=O) groups excluding carboxylic acids is 1. The van der Waals surface area contributed by atoms with Crippen molar-refractivity contribution in [2.75, 3.05) is 0 Å². The van der Waals surface area contributed by atoms with Gasteiger partial charge < -0.3 is 0 Å². The molecule has 0 saturated carbocycles. The van der Waals surface area contributed by atoms with Crippen molar-refractivity contribution < 1.29 is 4.79 Å². The molecule has 3 rings (SSSR count). The van der Waals surface area contributed by atoms with Gasteiger partial charge in [0, 0.05) is 0 Å². The Hall–Kier alpha value is -2.42. The molecule has 0 amide bonds. The van der Waals surface area contributed by atoms with E-state index in [4.69, 9.17) is 0 Å². The molecule has 0 N–H and O–H groups in total. The smallest absolute Gasteiger partial charge is 0.239 e. The molecule has 0 radical (unpaired) electrons. The summed E-state index contributed by atoms with van der Waals surface area (Å²) in [6.07, 6.45) is 2.40. The quantitative estimate of drug-likeness (QED) is 0.719. The minimum Gasteiger partial charge on any atom is -0.273 e. The van der Waals surface area contributed by atoms with Crippen LogP contribution in [0.1, 0.15) is 29.6 Å². The first-order valence-corrected chi connectivity index (χ1v) is 6.82. The predicted molar refractivity (Wildman–Crippen MR) is 79.8 cm³/mol. The summed E-state index contributed by atoms with van der Waals surface area (Å²) in [6.45, 7) is 2.04. The third-order valence-electron chi connectivity index (χ3n) is 3.60.